The first-order valence-electron chi connectivity index (χ1n) is 9.01. The van der Waals surface area contributed by atoms with Crippen molar-refractivity contribution in [2.24, 2.45) is 5.92 Å². The van der Waals surface area contributed by atoms with E-state index in [0.29, 0.717) is 29.7 Å². The molecule has 1 aliphatic carbocycles. The third-order valence-electron chi connectivity index (χ3n) is 5.50. The second-order valence-corrected chi connectivity index (χ2v) is 8.49. The Balaban J connectivity index is 1.34. The summed E-state index contributed by atoms with van der Waals surface area (Å²) in [6, 6.07) is 9.54. The fourth-order valence-electron chi connectivity index (χ4n) is 4.18. The summed E-state index contributed by atoms with van der Waals surface area (Å²) in [5.41, 5.74) is 0.885. The molecule has 1 aliphatic heterocycles. The summed E-state index contributed by atoms with van der Waals surface area (Å²) >= 11 is 7.60. The predicted molar refractivity (Wildman–Crippen MR) is 106 cm³/mol. The monoisotopic (exact) mass is 404 g/mol. The van der Waals surface area contributed by atoms with Crippen LogP contribution in [0.3, 0.4) is 0 Å². The zero-order valence-electron chi connectivity index (χ0n) is 15.0. The van der Waals surface area contributed by atoms with E-state index in [4.69, 9.17) is 16.3 Å². The zero-order valence-corrected chi connectivity index (χ0v) is 16.6. The Labute approximate surface area is 167 Å². The van der Waals surface area contributed by atoms with E-state index >= 15 is 0 Å². The summed E-state index contributed by atoms with van der Waals surface area (Å²) in [4.78, 5) is 27.7. The maximum Gasteiger partial charge on any atom is 0.261 e. The van der Waals surface area contributed by atoms with Crippen molar-refractivity contribution in [3.63, 3.8) is 0 Å². The molecule has 1 saturated carbocycles. The Morgan fingerprint density at radius 1 is 1.33 bits per heavy atom. The lowest BCUT2D eigenvalue weighted by molar-refractivity contribution is -0.132. The second kappa shape index (κ2) is 7.52. The normalized spacial score (nSPS) is 23.5. The molecule has 1 saturated heterocycles. The van der Waals surface area contributed by atoms with Crippen molar-refractivity contribution in [3.05, 3.63) is 51.2 Å². The highest BCUT2D eigenvalue weighted by Gasteiger charge is 2.46. The highest BCUT2D eigenvalue weighted by atomic mass is 35.5. The van der Waals surface area contributed by atoms with Crippen molar-refractivity contribution in [2.75, 3.05) is 13.7 Å². The maximum atomic E-state index is 12.8. The molecule has 1 N–H and O–H groups in total. The van der Waals surface area contributed by atoms with Crippen LogP contribution in [0.25, 0.3) is 0 Å². The van der Waals surface area contributed by atoms with Gasteiger partial charge in [0.05, 0.1) is 23.4 Å². The number of methoxy groups -OCH3 is 1. The highest BCUT2D eigenvalue weighted by Crippen LogP contribution is 2.38. The lowest BCUT2D eigenvalue weighted by Crippen LogP contribution is -2.48. The van der Waals surface area contributed by atoms with Gasteiger partial charge in [-0.1, -0.05) is 23.7 Å². The van der Waals surface area contributed by atoms with Crippen LogP contribution >= 0.6 is 22.9 Å². The number of halogens is 1. The van der Waals surface area contributed by atoms with E-state index in [1.165, 1.54) is 11.3 Å². The quantitative estimate of drug-likeness (QED) is 0.831. The predicted octanol–water partition coefficient (Wildman–Crippen LogP) is 3.37. The van der Waals surface area contributed by atoms with Crippen LogP contribution in [0.4, 0.5) is 0 Å². The van der Waals surface area contributed by atoms with Gasteiger partial charge in [-0.15, -0.1) is 11.3 Å². The third kappa shape index (κ3) is 3.69. The van der Waals surface area contributed by atoms with E-state index in [1.807, 2.05) is 28.5 Å². The van der Waals surface area contributed by atoms with Crippen molar-refractivity contribution < 1.29 is 14.3 Å². The number of likely N-dealkylation sites (tertiary alicyclic amines) is 1. The minimum Gasteiger partial charge on any atom is -0.495 e. The number of amides is 2. The van der Waals surface area contributed by atoms with Gasteiger partial charge in [-0.05, 0) is 47.9 Å². The minimum atomic E-state index is -0.00620. The first-order valence-corrected chi connectivity index (χ1v) is 10.3. The molecule has 2 heterocycles. The molecule has 2 bridgehead atoms. The van der Waals surface area contributed by atoms with E-state index in [-0.39, 0.29) is 23.9 Å². The van der Waals surface area contributed by atoms with Gasteiger partial charge < -0.3 is 15.0 Å². The van der Waals surface area contributed by atoms with E-state index < -0.39 is 0 Å². The summed E-state index contributed by atoms with van der Waals surface area (Å²) in [7, 11) is 1.57. The molecule has 0 radical (unpaired) electrons. The van der Waals surface area contributed by atoms with Crippen molar-refractivity contribution in [3.8, 4) is 5.75 Å². The fourth-order valence-corrected chi connectivity index (χ4v) is 5.09. The maximum absolute atomic E-state index is 12.8. The van der Waals surface area contributed by atoms with E-state index in [0.717, 1.165) is 23.3 Å². The Morgan fingerprint density at radius 3 is 2.81 bits per heavy atom. The molecule has 3 unspecified atom stereocenters. The molecular formula is C20H21ClN2O3S. The van der Waals surface area contributed by atoms with E-state index in [2.05, 4.69) is 5.32 Å². The van der Waals surface area contributed by atoms with Gasteiger partial charge in [-0.25, -0.2) is 0 Å². The zero-order chi connectivity index (χ0) is 19.0. The number of hydrogen-bond donors (Lipinski definition) is 1. The fraction of sp³-hybridized carbons (Fsp3) is 0.400. The van der Waals surface area contributed by atoms with Gasteiger partial charge in [-0.2, -0.15) is 0 Å². The van der Waals surface area contributed by atoms with Gasteiger partial charge in [0.25, 0.3) is 5.91 Å². The molecule has 2 amide bonds. The van der Waals surface area contributed by atoms with Crippen LogP contribution in [-0.2, 0) is 11.2 Å². The van der Waals surface area contributed by atoms with Gasteiger partial charge in [0.2, 0.25) is 5.91 Å². The standard InChI is InChI=1S/C20H21ClN2O3S/c1-26-17-5-4-12(7-15(17)21)8-19(24)23-11-13-9-14(23)10-16(13)22-20(25)18-3-2-6-27-18/h2-7,13-14,16H,8-11H2,1H3,(H,22,25). The van der Waals surface area contributed by atoms with Gasteiger partial charge in [0, 0.05) is 18.6 Å². The molecule has 4 rings (SSSR count). The lowest BCUT2D eigenvalue weighted by Gasteiger charge is -2.32. The summed E-state index contributed by atoms with van der Waals surface area (Å²) in [5.74, 6) is 1.06. The molecule has 1 aromatic heterocycles. The Kier molecular flexibility index (Phi) is 5.10. The topological polar surface area (TPSA) is 58.6 Å². The van der Waals surface area contributed by atoms with Gasteiger partial charge >= 0.3 is 0 Å². The molecule has 1 aromatic carbocycles. The summed E-state index contributed by atoms with van der Waals surface area (Å²) < 4.78 is 5.15. The van der Waals surface area contributed by atoms with Crippen LogP contribution < -0.4 is 10.1 Å². The molecule has 7 heteroatoms. The lowest BCUT2D eigenvalue weighted by atomic mass is 10.0. The first kappa shape index (κ1) is 18.3. The Morgan fingerprint density at radius 2 is 2.19 bits per heavy atom. The molecular weight excluding hydrogens is 384 g/mol. The average Bonchev–Trinajstić information content (AvgIpc) is 3.38. The number of piperidine rings is 1. The average molecular weight is 405 g/mol. The van der Waals surface area contributed by atoms with Gasteiger partial charge in [0.1, 0.15) is 5.75 Å². The minimum absolute atomic E-state index is 0.00620. The van der Waals surface area contributed by atoms with Crippen LogP contribution in [-0.4, -0.2) is 42.5 Å². The number of carbonyl (C=O) groups is 2. The molecule has 5 nitrogen and oxygen atoms in total. The molecule has 2 aromatic rings. The number of hydrogen-bond acceptors (Lipinski definition) is 4. The van der Waals surface area contributed by atoms with Crippen LogP contribution in [0.5, 0.6) is 5.75 Å². The number of nitrogens with one attached hydrogen (secondary N) is 1. The van der Waals surface area contributed by atoms with E-state index in [1.54, 1.807) is 19.2 Å². The Hall–Kier alpha value is -2.05. The molecule has 142 valence electrons. The number of nitrogens with zero attached hydrogens (tertiary/aromatic N) is 1. The molecule has 2 aliphatic rings. The van der Waals surface area contributed by atoms with Crippen molar-refractivity contribution in [1.82, 2.24) is 10.2 Å². The van der Waals surface area contributed by atoms with Gasteiger partial charge in [0.15, 0.2) is 0 Å². The summed E-state index contributed by atoms with van der Waals surface area (Å²) in [5, 5.41) is 5.56. The smallest absolute Gasteiger partial charge is 0.261 e. The second-order valence-electron chi connectivity index (χ2n) is 7.13. The Bertz CT molecular complexity index is 855. The molecule has 27 heavy (non-hydrogen) atoms. The highest BCUT2D eigenvalue weighted by molar-refractivity contribution is 7.12. The number of ether oxygens (including phenoxy) is 1. The van der Waals surface area contributed by atoms with Crippen LogP contribution in [0, 0.1) is 5.92 Å². The van der Waals surface area contributed by atoms with Crippen LogP contribution in [0.15, 0.2) is 35.7 Å². The van der Waals surface area contributed by atoms with Crippen molar-refractivity contribution in [2.45, 2.75) is 31.3 Å². The number of benzene rings is 1. The largest absolute Gasteiger partial charge is 0.495 e. The summed E-state index contributed by atoms with van der Waals surface area (Å²) in [6.07, 6.45) is 2.13. The van der Waals surface area contributed by atoms with Crippen molar-refractivity contribution in [1.29, 1.82) is 0 Å². The number of carbonyl (C=O) groups excluding carboxylic acids is 2. The van der Waals surface area contributed by atoms with Crippen molar-refractivity contribution >= 4 is 34.8 Å². The third-order valence-corrected chi connectivity index (χ3v) is 6.66. The first-order chi connectivity index (χ1) is 13.0. The van der Waals surface area contributed by atoms with Crippen LogP contribution in [0.1, 0.15) is 28.1 Å². The SMILES string of the molecule is COc1ccc(CC(=O)N2CC3CC2CC3NC(=O)c2cccs2)cc1Cl. The molecule has 2 fully saturated rings. The molecule has 3 atom stereocenters. The van der Waals surface area contributed by atoms with Gasteiger partial charge in [-0.3, -0.25) is 9.59 Å². The van der Waals surface area contributed by atoms with Crippen LogP contribution in [0.2, 0.25) is 5.02 Å². The number of thiophene rings is 1. The van der Waals surface area contributed by atoms with E-state index in [9.17, 15) is 9.59 Å². The number of fused-ring (bicyclic) bond motifs is 2. The number of rotatable bonds is 5. The summed E-state index contributed by atoms with van der Waals surface area (Å²) in [6.45, 7) is 0.711. The molecule has 0 spiro atoms.